The third kappa shape index (κ3) is 9.51. The lowest BCUT2D eigenvalue weighted by atomic mass is 9.94. The molecule has 1 aromatic rings. The second kappa shape index (κ2) is 13.3. The molecule has 0 aromatic heterocycles. The van der Waals surface area contributed by atoms with Gasteiger partial charge in [-0.15, -0.1) is 0 Å². The molecule has 4 amide bonds. The normalized spacial score (nSPS) is 13.9. The van der Waals surface area contributed by atoms with Crippen molar-refractivity contribution in [2.75, 3.05) is 0 Å². The average Bonchev–Trinajstić information content (AvgIpc) is 2.71. The number of amides is 4. The van der Waals surface area contributed by atoms with Gasteiger partial charge in [-0.2, -0.15) is 0 Å². The summed E-state index contributed by atoms with van der Waals surface area (Å²) in [4.78, 5) is 53.4. The lowest BCUT2D eigenvalue weighted by Gasteiger charge is -2.38. The third-order valence-corrected chi connectivity index (χ3v) is 5.57. The van der Waals surface area contributed by atoms with Crippen molar-refractivity contribution in [3.63, 3.8) is 0 Å². The predicted octanol–water partition coefficient (Wildman–Crippen LogP) is 3.66. The number of hydrogen-bond donors (Lipinski definition) is 3. The van der Waals surface area contributed by atoms with Gasteiger partial charge in [0.1, 0.15) is 17.7 Å². The molecule has 0 saturated heterocycles. The number of benzene rings is 1. The Labute approximate surface area is 215 Å². The molecule has 202 valence electrons. The van der Waals surface area contributed by atoms with Crippen molar-refractivity contribution in [1.29, 1.82) is 0 Å². The molecule has 1 aromatic carbocycles. The number of aryl methyl sites for hydroxylation is 2. The van der Waals surface area contributed by atoms with E-state index >= 15 is 0 Å². The monoisotopic (exact) mass is 504 g/mol. The molecule has 9 heteroatoms. The summed E-state index contributed by atoms with van der Waals surface area (Å²) < 4.78 is 5.29. The fourth-order valence-electron chi connectivity index (χ4n) is 4.01. The van der Waals surface area contributed by atoms with Crippen LogP contribution in [0.15, 0.2) is 18.2 Å². The molecule has 1 rings (SSSR count). The smallest absolute Gasteiger partial charge is 0.408 e. The van der Waals surface area contributed by atoms with Crippen LogP contribution in [-0.4, -0.2) is 52.4 Å². The number of nitrogens with two attached hydrogens (primary N) is 1. The van der Waals surface area contributed by atoms with Gasteiger partial charge in [0.05, 0.1) is 6.42 Å². The summed E-state index contributed by atoms with van der Waals surface area (Å²) in [5.41, 5.74) is 7.07. The van der Waals surface area contributed by atoms with E-state index in [0.717, 1.165) is 24.0 Å². The Hall–Kier alpha value is -3.10. The molecule has 0 bridgehead atoms. The van der Waals surface area contributed by atoms with Crippen molar-refractivity contribution < 1.29 is 23.9 Å². The van der Waals surface area contributed by atoms with Crippen LogP contribution in [0.1, 0.15) is 90.5 Å². The van der Waals surface area contributed by atoms with Crippen LogP contribution in [0, 0.1) is 13.8 Å². The number of alkyl carbamates (subject to hydrolysis) is 1. The molecule has 0 saturated carbocycles. The maximum Gasteiger partial charge on any atom is 0.408 e. The average molecular weight is 505 g/mol. The van der Waals surface area contributed by atoms with E-state index in [1.807, 2.05) is 45.9 Å². The minimum atomic E-state index is -1.30. The molecule has 0 aliphatic heterocycles. The van der Waals surface area contributed by atoms with Crippen LogP contribution in [0.4, 0.5) is 4.79 Å². The molecule has 0 aliphatic carbocycles. The van der Waals surface area contributed by atoms with Gasteiger partial charge in [-0.3, -0.25) is 14.4 Å². The third-order valence-electron chi connectivity index (χ3n) is 5.57. The highest BCUT2D eigenvalue weighted by atomic mass is 16.6. The Balaban J connectivity index is 3.56. The van der Waals surface area contributed by atoms with Gasteiger partial charge in [0.25, 0.3) is 0 Å². The molecule has 0 radical (unpaired) electrons. The molecule has 0 fully saturated rings. The van der Waals surface area contributed by atoms with Crippen molar-refractivity contribution >= 4 is 23.8 Å². The van der Waals surface area contributed by atoms with Crippen LogP contribution in [0.5, 0.6) is 0 Å². The highest BCUT2D eigenvalue weighted by Gasteiger charge is 2.39. The zero-order valence-electron chi connectivity index (χ0n) is 23.2. The second-order valence-electron chi connectivity index (χ2n) is 10.7. The van der Waals surface area contributed by atoms with E-state index in [2.05, 4.69) is 10.6 Å². The van der Waals surface area contributed by atoms with Crippen molar-refractivity contribution in [2.24, 2.45) is 5.73 Å². The number of carbonyl (C=O) groups is 4. The first-order chi connectivity index (χ1) is 16.6. The van der Waals surface area contributed by atoms with E-state index in [4.69, 9.17) is 10.5 Å². The number of hydrogen-bond acceptors (Lipinski definition) is 5. The van der Waals surface area contributed by atoms with Gasteiger partial charge in [0.15, 0.2) is 0 Å². The van der Waals surface area contributed by atoms with Crippen LogP contribution >= 0.6 is 0 Å². The number of nitrogens with one attached hydrogen (secondary N) is 2. The highest BCUT2D eigenvalue weighted by molar-refractivity contribution is 5.95. The molecule has 9 nitrogen and oxygen atoms in total. The first-order valence-electron chi connectivity index (χ1n) is 12.5. The number of primary amides is 1. The van der Waals surface area contributed by atoms with E-state index < -0.39 is 48.1 Å². The minimum absolute atomic E-state index is 0.0967. The molecule has 36 heavy (non-hydrogen) atoms. The molecule has 4 N–H and O–H groups in total. The zero-order chi connectivity index (χ0) is 27.8. The van der Waals surface area contributed by atoms with Crippen LogP contribution in [-0.2, 0) is 19.1 Å². The highest BCUT2D eigenvalue weighted by Crippen LogP contribution is 2.29. The molecular formula is C27H44N4O5. The van der Waals surface area contributed by atoms with E-state index in [1.165, 1.54) is 4.90 Å². The topological polar surface area (TPSA) is 131 Å². The summed E-state index contributed by atoms with van der Waals surface area (Å²) in [6.45, 7) is 16.4. The van der Waals surface area contributed by atoms with Crippen molar-refractivity contribution in [3.8, 4) is 0 Å². The molecule has 0 heterocycles. The summed E-state index contributed by atoms with van der Waals surface area (Å²) in [5, 5.41) is 5.52. The van der Waals surface area contributed by atoms with Crippen molar-refractivity contribution in [2.45, 2.75) is 111 Å². The molecule has 0 aliphatic rings. The molecule has 3 atom stereocenters. The van der Waals surface area contributed by atoms with Gasteiger partial charge in [-0.25, -0.2) is 4.79 Å². The van der Waals surface area contributed by atoms with Gasteiger partial charge >= 0.3 is 6.09 Å². The van der Waals surface area contributed by atoms with Crippen LogP contribution in [0.25, 0.3) is 0 Å². The standard InChI is InChI=1S/C27H44N4O5/c1-10-11-19(6)29-24(33)23(20-14-17(4)12-13-18(20)5)31(16(2)3)25(34)21(15-22(28)32)30-26(35)36-27(7,8)9/h12-14,16,19,21,23H,10-11,15H2,1-9H3,(H2,28,32)(H,29,33)(H,30,35). The Morgan fingerprint density at radius 2 is 1.67 bits per heavy atom. The lowest BCUT2D eigenvalue weighted by molar-refractivity contribution is -0.145. The van der Waals surface area contributed by atoms with Crippen LogP contribution in [0.2, 0.25) is 0 Å². The Morgan fingerprint density at radius 3 is 2.17 bits per heavy atom. The molecule has 3 unspecified atom stereocenters. The number of rotatable bonds is 11. The number of carbonyl (C=O) groups excluding carboxylic acids is 4. The second-order valence-corrected chi connectivity index (χ2v) is 10.7. The summed E-state index contributed by atoms with van der Waals surface area (Å²) in [7, 11) is 0. The fraction of sp³-hybridized carbons (Fsp3) is 0.630. The summed E-state index contributed by atoms with van der Waals surface area (Å²) in [6, 6.07) is 2.92. The largest absolute Gasteiger partial charge is 0.444 e. The summed E-state index contributed by atoms with van der Waals surface area (Å²) in [5.74, 6) is -1.70. The Kier molecular flexibility index (Phi) is 11.4. The molecule has 0 spiro atoms. The van der Waals surface area contributed by atoms with E-state index in [1.54, 1.807) is 34.6 Å². The minimum Gasteiger partial charge on any atom is -0.444 e. The predicted molar refractivity (Wildman–Crippen MR) is 140 cm³/mol. The quantitative estimate of drug-likeness (QED) is 0.423. The fourth-order valence-corrected chi connectivity index (χ4v) is 4.01. The van der Waals surface area contributed by atoms with Crippen LogP contribution < -0.4 is 16.4 Å². The maximum absolute atomic E-state index is 13.9. The van der Waals surface area contributed by atoms with Crippen molar-refractivity contribution in [3.05, 3.63) is 34.9 Å². The van der Waals surface area contributed by atoms with Crippen LogP contribution in [0.3, 0.4) is 0 Å². The Bertz CT molecular complexity index is 939. The van der Waals surface area contributed by atoms with Gasteiger partial charge in [0, 0.05) is 12.1 Å². The Morgan fingerprint density at radius 1 is 1.06 bits per heavy atom. The van der Waals surface area contributed by atoms with E-state index in [-0.39, 0.29) is 11.9 Å². The first-order valence-corrected chi connectivity index (χ1v) is 12.5. The number of nitrogens with zero attached hydrogens (tertiary/aromatic N) is 1. The zero-order valence-corrected chi connectivity index (χ0v) is 23.2. The van der Waals surface area contributed by atoms with Crippen molar-refractivity contribution in [1.82, 2.24) is 15.5 Å². The summed E-state index contributed by atoms with van der Waals surface area (Å²) >= 11 is 0. The van der Waals surface area contributed by atoms with Gasteiger partial charge < -0.3 is 26.0 Å². The van der Waals surface area contributed by atoms with E-state index in [9.17, 15) is 19.2 Å². The SMILES string of the molecule is CCCC(C)NC(=O)C(c1cc(C)ccc1C)N(C(=O)C(CC(N)=O)NC(=O)OC(C)(C)C)C(C)C. The first kappa shape index (κ1) is 30.9. The van der Waals surface area contributed by atoms with E-state index in [0.29, 0.717) is 5.56 Å². The van der Waals surface area contributed by atoms with Gasteiger partial charge in [0.2, 0.25) is 17.7 Å². The molecular weight excluding hydrogens is 460 g/mol. The number of ether oxygens (including phenoxy) is 1. The lowest BCUT2D eigenvalue weighted by Crippen LogP contribution is -2.56. The van der Waals surface area contributed by atoms with Gasteiger partial charge in [-0.05, 0) is 72.9 Å². The maximum atomic E-state index is 13.9. The van der Waals surface area contributed by atoms with Gasteiger partial charge in [-0.1, -0.05) is 37.1 Å². The summed E-state index contributed by atoms with van der Waals surface area (Å²) in [6.07, 6.45) is 0.387.